The zero-order valence-electron chi connectivity index (χ0n) is 12.0. The lowest BCUT2D eigenvalue weighted by Crippen LogP contribution is -2.30. The van der Waals surface area contributed by atoms with E-state index in [0.29, 0.717) is 6.42 Å². The Labute approximate surface area is 125 Å². The minimum Gasteiger partial charge on any atom is -0.480 e. The van der Waals surface area contributed by atoms with Crippen LogP contribution in [-0.2, 0) is 4.79 Å². The first kappa shape index (κ1) is 17.6. The summed E-state index contributed by atoms with van der Waals surface area (Å²) in [5.74, 6) is -1.65. The number of aliphatic carboxylic acids is 1. The number of halogens is 2. The zero-order chi connectivity index (χ0) is 16.9. The molecule has 1 aromatic carbocycles. The number of anilines is 1. The maximum atomic E-state index is 12.3. The summed E-state index contributed by atoms with van der Waals surface area (Å²) in [7, 11) is 0. The van der Waals surface area contributed by atoms with E-state index in [0.717, 1.165) is 12.1 Å². The molecule has 2 N–H and O–H groups in total. The Morgan fingerprint density at radius 2 is 2.09 bits per heavy atom. The number of hydrogen-bond acceptors (Lipinski definition) is 5. The molecule has 0 aliphatic heterocycles. The van der Waals surface area contributed by atoms with Crippen molar-refractivity contribution in [2.24, 2.45) is 5.92 Å². The maximum Gasteiger partial charge on any atom is 0.387 e. The molecule has 0 spiro atoms. The van der Waals surface area contributed by atoms with E-state index in [-0.39, 0.29) is 11.6 Å². The predicted molar refractivity (Wildman–Crippen MR) is 74.2 cm³/mol. The number of nitrogens with one attached hydrogen (secondary N) is 1. The third-order valence-electron chi connectivity index (χ3n) is 2.72. The molecule has 1 atom stereocenters. The standard InChI is InChI=1S/C13H16F2N2O5/c1-7(2)5-9(12(18)19)16-8-3-4-10(17(20)21)11(6-8)22-13(14)15/h3-4,6-7,9,13,16H,5H2,1-2H3,(H,18,19)/t9-/m0/s1. The van der Waals surface area contributed by atoms with Crippen molar-refractivity contribution in [1.82, 2.24) is 0 Å². The van der Waals surface area contributed by atoms with Crippen LogP contribution in [0.5, 0.6) is 5.75 Å². The number of ether oxygens (including phenoxy) is 1. The van der Waals surface area contributed by atoms with Crippen LogP contribution in [0.25, 0.3) is 0 Å². The molecule has 1 aromatic rings. The number of rotatable bonds is 8. The second-order valence-corrected chi connectivity index (χ2v) is 4.98. The van der Waals surface area contributed by atoms with Crippen molar-refractivity contribution in [2.75, 3.05) is 5.32 Å². The Kier molecular flexibility index (Phi) is 6.02. The largest absolute Gasteiger partial charge is 0.480 e. The van der Waals surface area contributed by atoms with Gasteiger partial charge in [-0.3, -0.25) is 10.1 Å². The molecule has 0 aliphatic rings. The number of hydrogen-bond donors (Lipinski definition) is 2. The van der Waals surface area contributed by atoms with Crippen LogP contribution in [0.2, 0.25) is 0 Å². The van der Waals surface area contributed by atoms with E-state index in [9.17, 15) is 23.7 Å². The monoisotopic (exact) mass is 318 g/mol. The lowest BCUT2D eigenvalue weighted by atomic mass is 10.0. The fraction of sp³-hybridized carbons (Fsp3) is 0.462. The molecular formula is C13H16F2N2O5. The number of nitrogens with zero attached hydrogens (tertiary/aromatic N) is 1. The van der Waals surface area contributed by atoms with Crippen LogP contribution in [0.3, 0.4) is 0 Å². The Balaban J connectivity index is 3.04. The minimum absolute atomic E-state index is 0.0865. The highest BCUT2D eigenvalue weighted by molar-refractivity contribution is 5.77. The molecule has 0 unspecified atom stereocenters. The first-order valence-electron chi connectivity index (χ1n) is 6.43. The normalized spacial score (nSPS) is 12.3. The van der Waals surface area contributed by atoms with Gasteiger partial charge >= 0.3 is 18.3 Å². The van der Waals surface area contributed by atoms with Crippen LogP contribution in [-0.4, -0.2) is 28.7 Å². The van der Waals surface area contributed by atoms with Gasteiger partial charge in [-0.2, -0.15) is 8.78 Å². The van der Waals surface area contributed by atoms with Gasteiger partial charge in [-0.05, 0) is 18.4 Å². The smallest absolute Gasteiger partial charge is 0.387 e. The molecule has 0 aliphatic carbocycles. The number of carboxylic acids is 1. The van der Waals surface area contributed by atoms with Crippen LogP contribution in [0, 0.1) is 16.0 Å². The highest BCUT2D eigenvalue weighted by Crippen LogP contribution is 2.31. The van der Waals surface area contributed by atoms with Crippen LogP contribution in [0.4, 0.5) is 20.2 Å². The Morgan fingerprint density at radius 3 is 2.55 bits per heavy atom. The third kappa shape index (κ3) is 5.15. The van der Waals surface area contributed by atoms with Gasteiger partial charge in [0.25, 0.3) is 0 Å². The summed E-state index contributed by atoms with van der Waals surface area (Å²) >= 11 is 0. The number of carboxylic acid groups (broad SMARTS) is 1. The Hall–Kier alpha value is -2.45. The van der Waals surface area contributed by atoms with E-state index < -0.39 is 35.0 Å². The minimum atomic E-state index is -3.22. The third-order valence-corrected chi connectivity index (χ3v) is 2.72. The van der Waals surface area contributed by atoms with Gasteiger partial charge in [-0.1, -0.05) is 13.8 Å². The molecule has 0 saturated heterocycles. The van der Waals surface area contributed by atoms with Crippen LogP contribution in [0.1, 0.15) is 20.3 Å². The number of alkyl halides is 2. The number of nitro groups is 1. The predicted octanol–water partition coefficient (Wildman–Crippen LogP) is 3.11. The van der Waals surface area contributed by atoms with Crippen LogP contribution in [0.15, 0.2) is 18.2 Å². The average Bonchev–Trinajstić information content (AvgIpc) is 2.36. The van der Waals surface area contributed by atoms with Crippen LogP contribution >= 0.6 is 0 Å². The zero-order valence-corrected chi connectivity index (χ0v) is 12.0. The van der Waals surface area contributed by atoms with Gasteiger partial charge in [-0.25, -0.2) is 4.79 Å². The first-order chi connectivity index (χ1) is 10.2. The molecule has 9 heteroatoms. The summed E-state index contributed by atoms with van der Waals surface area (Å²) in [5.41, 5.74) is -0.476. The number of benzene rings is 1. The molecule has 7 nitrogen and oxygen atoms in total. The molecule has 0 saturated carbocycles. The van der Waals surface area contributed by atoms with E-state index in [1.165, 1.54) is 6.07 Å². The summed E-state index contributed by atoms with van der Waals surface area (Å²) in [4.78, 5) is 21.1. The van der Waals surface area contributed by atoms with Gasteiger partial charge in [0, 0.05) is 17.8 Å². The Bertz CT molecular complexity index is 551. The van der Waals surface area contributed by atoms with Gasteiger partial charge in [0.2, 0.25) is 5.75 Å². The van der Waals surface area contributed by atoms with Gasteiger partial charge in [-0.15, -0.1) is 0 Å². The Morgan fingerprint density at radius 1 is 1.45 bits per heavy atom. The average molecular weight is 318 g/mol. The van der Waals surface area contributed by atoms with E-state index in [2.05, 4.69) is 10.1 Å². The molecule has 0 aromatic heterocycles. The highest BCUT2D eigenvalue weighted by atomic mass is 19.3. The van der Waals surface area contributed by atoms with Crippen molar-refractivity contribution < 1.29 is 28.3 Å². The fourth-order valence-corrected chi connectivity index (χ4v) is 1.84. The van der Waals surface area contributed by atoms with Gasteiger partial charge < -0.3 is 15.2 Å². The fourth-order valence-electron chi connectivity index (χ4n) is 1.84. The molecule has 0 fully saturated rings. The highest BCUT2D eigenvalue weighted by Gasteiger charge is 2.22. The van der Waals surface area contributed by atoms with E-state index >= 15 is 0 Å². The van der Waals surface area contributed by atoms with Crippen molar-refractivity contribution >= 4 is 17.3 Å². The number of nitro benzene ring substituents is 1. The topological polar surface area (TPSA) is 102 Å². The van der Waals surface area contributed by atoms with Crippen molar-refractivity contribution in [3.05, 3.63) is 28.3 Å². The summed E-state index contributed by atoms with van der Waals surface area (Å²) in [5, 5.41) is 22.5. The summed E-state index contributed by atoms with van der Waals surface area (Å²) in [6.45, 7) is 0.442. The van der Waals surface area contributed by atoms with Crippen molar-refractivity contribution in [2.45, 2.75) is 32.9 Å². The van der Waals surface area contributed by atoms with Crippen molar-refractivity contribution in [1.29, 1.82) is 0 Å². The molecule has 0 amide bonds. The van der Waals surface area contributed by atoms with E-state index in [1.54, 1.807) is 0 Å². The molecule has 0 radical (unpaired) electrons. The molecule has 22 heavy (non-hydrogen) atoms. The van der Waals surface area contributed by atoms with Gasteiger partial charge in [0.05, 0.1) is 4.92 Å². The SMILES string of the molecule is CC(C)C[C@H](Nc1ccc([N+](=O)[O-])c(OC(F)F)c1)C(=O)O. The van der Waals surface area contributed by atoms with Gasteiger partial charge in [0.15, 0.2) is 0 Å². The summed E-state index contributed by atoms with van der Waals surface area (Å²) in [6.07, 6.45) is 0.303. The quantitative estimate of drug-likeness (QED) is 0.564. The molecule has 122 valence electrons. The molecule has 0 bridgehead atoms. The summed E-state index contributed by atoms with van der Waals surface area (Å²) in [6, 6.07) is 2.27. The molecule has 0 heterocycles. The van der Waals surface area contributed by atoms with Crippen molar-refractivity contribution in [3.8, 4) is 5.75 Å². The lowest BCUT2D eigenvalue weighted by Gasteiger charge is -2.18. The van der Waals surface area contributed by atoms with Gasteiger partial charge in [0.1, 0.15) is 6.04 Å². The molecular weight excluding hydrogens is 302 g/mol. The lowest BCUT2D eigenvalue weighted by molar-refractivity contribution is -0.386. The van der Waals surface area contributed by atoms with E-state index in [4.69, 9.17) is 5.11 Å². The maximum absolute atomic E-state index is 12.3. The van der Waals surface area contributed by atoms with Crippen molar-refractivity contribution in [3.63, 3.8) is 0 Å². The second kappa shape index (κ2) is 7.53. The summed E-state index contributed by atoms with van der Waals surface area (Å²) < 4.78 is 28.7. The second-order valence-electron chi connectivity index (χ2n) is 4.98. The molecule has 1 rings (SSSR count). The van der Waals surface area contributed by atoms with E-state index in [1.807, 2.05) is 13.8 Å². The van der Waals surface area contributed by atoms with Crippen LogP contribution < -0.4 is 10.1 Å². The number of carbonyl (C=O) groups is 1. The first-order valence-corrected chi connectivity index (χ1v) is 6.43.